The van der Waals surface area contributed by atoms with Crippen molar-refractivity contribution in [3.63, 3.8) is 0 Å². The summed E-state index contributed by atoms with van der Waals surface area (Å²) in [6.45, 7) is 6.09. The second kappa shape index (κ2) is 19.4. The minimum Gasteiger partial charge on any atom is -0.494 e. The molecule has 0 radical (unpaired) electrons. The van der Waals surface area contributed by atoms with Crippen LogP contribution in [-0.2, 0) is 0 Å². The fourth-order valence-electron chi connectivity index (χ4n) is 5.49. The van der Waals surface area contributed by atoms with Crippen molar-refractivity contribution in [2.45, 2.75) is 104 Å². The van der Waals surface area contributed by atoms with Crippen LogP contribution in [0.4, 0.5) is 0 Å². The van der Waals surface area contributed by atoms with Crippen LogP contribution < -0.4 is 9.47 Å². The summed E-state index contributed by atoms with van der Waals surface area (Å²) < 4.78 is 12.0. The Hall–Kier alpha value is -3.88. The largest absolute Gasteiger partial charge is 0.494 e. The molecule has 4 rings (SSSR count). The summed E-state index contributed by atoms with van der Waals surface area (Å²) in [4.78, 5) is 0. The molecule has 4 aromatic carbocycles. The van der Waals surface area contributed by atoms with Crippen molar-refractivity contribution in [1.82, 2.24) is 0 Å². The van der Waals surface area contributed by atoms with Gasteiger partial charge in [-0.05, 0) is 94.8 Å². The molecule has 0 aliphatic carbocycles. The van der Waals surface area contributed by atoms with Gasteiger partial charge in [-0.1, -0.05) is 127 Å². The molecule has 230 valence electrons. The standard InChI is InChI=1S/C42H50O2/c1-3-5-7-9-11-13-17-29-43-41-27-25-37-31-35(21-23-39(37)33-41)19-15-16-20-36-22-24-40-34-42(28-26-38(40)32-36)44-30-18-14-12-10-8-6-4-2/h21-28,31-34H,3-14,17-18,29-30H2,1-2H3. The van der Waals surface area contributed by atoms with Crippen LogP contribution in [0, 0.1) is 23.7 Å². The first-order valence-electron chi connectivity index (χ1n) is 17.1. The first-order chi connectivity index (χ1) is 21.7. The van der Waals surface area contributed by atoms with E-state index in [-0.39, 0.29) is 0 Å². The monoisotopic (exact) mass is 586 g/mol. The van der Waals surface area contributed by atoms with E-state index < -0.39 is 0 Å². The lowest BCUT2D eigenvalue weighted by atomic mass is 10.1. The number of rotatable bonds is 18. The predicted octanol–water partition coefficient (Wildman–Crippen LogP) is 11.7. The maximum absolute atomic E-state index is 6.01. The number of benzene rings is 4. The van der Waals surface area contributed by atoms with Gasteiger partial charge in [0.1, 0.15) is 11.5 Å². The zero-order valence-corrected chi connectivity index (χ0v) is 27.1. The van der Waals surface area contributed by atoms with Crippen molar-refractivity contribution in [3.05, 3.63) is 83.9 Å². The van der Waals surface area contributed by atoms with Crippen LogP contribution in [-0.4, -0.2) is 13.2 Å². The topological polar surface area (TPSA) is 18.5 Å². The van der Waals surface area contributed by atoms with E-state index in [9.17, 15) is 0 Å². The first-order valence-corrected chi connectivity index (χ1v) is 17.1. The molecule has 0 amide bonds. The molecule has 0 aliphatic rings. The Labute approximate surface area is 266 Å². The van der Waals surface area contributed by atoms with E-state index in [4.69, 9.17) is 9.47 Å². The van der Waals surface area contributed by atoms with Crippen LogP contribution in [0.25, 0.3) is 21.5 Å². The molecule has 0 spiro atoms. The Morgan fingerprint density at radius 2 is 0.773 bits per heavy atom. The second-order valence-electron chi connectivity index (χ2n) is 11.9. The fourth-order valence-corrected chi connectivity index (χ4v) is 5.49. The van der Waals surface area contributed by atoms with Gasteiger partial charge in [0.05, 0.1) is 13.2 Å². The molecule has 2 heteroatoms. The molecule has 0 aliphatic heterocycles. The van der Waals surface area contributed by atoms with Crippen molar-refractivity contribution < 1.29 is 9.47 Å². The molecule has 0 fully saturated rings. The normalized spacial score (nSPS) is 10.7. The van der Waals surface area contributed by atoms with Gasteiger partial charge in [0.15, 0.2) is 0 Å². The zero-order chi connectivity index (χ0) is 30.7. The van der Waals surface area contributed by atoms with E-state index in [1.807, 2.05) is 0 Å². The number of ether oxygens (including phenoxy) is 2. The van der Waals surface area contributed by atoms with E-state index in [0.29, 0.717) is 0 Å². The maximum atomic E-state index is 6.01. The van der Waals surface area contributed by atoms with Crippen LogP contribution in [0.5, 0.6) is 11.5 Å². The molecule has 4 aromatic rings. The third-order valence-corrected chi connectivity index (χ3v) is 8.13. The van der Waals surface area contributed by atoms with Gasteiger partial charge in [0.2, 0.25) is 0 Å². The molecule has 0 heterocycles. The summed E-state index contributed by atoms with van der Waals surface area (Å²) in [7, 11) is 0. The molecule has 0 aromatic heterocycles. The minimum absolute atomic E-state index is 0.785. The Kier molecular flexibility index (Phi) is 14.6. The minimum atomic E-state index is 0.785. The summed E-state index contributed by atoms with van der Waals surface area (Å²) in [6, 6.07) is 25.2. The van der Waals surface area contributed by atoms with Crippen molar-refractivity contribution in [3.8, 4) is 35.2 Å². The highest BCUT2D eigenvalue weighted by atomic mass is 16.5. The first kappa shape index (κ1) is 33.0. The predicted molar refractivity (Wildman–Crippen MR) is 189 cm³/mol. The molecular formula is C42H50O2. The fraction of sp³-hybridized carbons (Fsp3) is 0.429. The average Bonchev–Trinajstić information content (AvgIpc) is 3.05. The van der Waals surface area contributed by atoms with Crippen molar-refractivity contribution in [1.29, 1.82) is 0 Å². The highest BCUT2D eigenvalue weighted by Gasteiger charge is 2.01. The average molecular weight is 587 g/mol. The molecule has 0 saturated carbocycles. The number of hydrogen-bond acceptors (Lipinski definition) is 2. The Bertz CT molecular complexity index is 1440. The lowest BCUT2D eigenvalue weighted by molar-refractivity contribution is 0.304. The van der Waals surface area contributed by atoms with Crippen LogP contribution in [0.15, 0.2) is 72.8 Å². The van der Waals surface area contributed by atoms with Crippen LogP contribution in [0.1, 0.15) is 115 Å². The lowest BCUT2D eigenvalue weighted by Gasteiger charge is -2.08. The maximum Gasteiger partial charge on any atom is 0.119 e. The van der Waals surface area contributed by atoms with Crippen molar-refractivity contribution in [2.24, 2.45) is 0 Å². The third kappa shape index (κ3) is 11.7. The Morgan fingerprint density at radius 1 is 0.409 bits per heavy atom. The van der Waals surface area contributed by atoms with Gasteiger partial charge in [-0.3, -0.25) is 0 Å². The van der Waals surface area contributed by atoms with E-state index in [2.05, 4.69) is 110 Å². The van der Waals surface area contributed by atoms with Crippen LogP contribution >= 0.6 is 0 Å². The second-order valence-corrected chi connectivity index (χ2v) is 11.9. The summed E-state index contributed by atoms with van der Waals surface area (Å²) >= 11 is 0. The van der Waals surface area contributed by atoms with E-state index >= 15 is 0 Å². The highest BCUT2D eigenvalue weighted by molar-refractivity contribution is 5.86. The van der Waals surface area contributed by atoms with Gasteiger partial charge in [0, 0.05) is 11.1 Å². The van der Waals surface area contributed by atoms with Gasteiger partial charge in [-0.2, -0.15) is 0 Å². The zero-order valence-electron chi connectivity index (χ0n) is 27.1. The summed E-state index contributed by atoms with van der Waals surface area (Å²) in [5, 5.41) is 4.66. The van der Waals surface area contributed by atoms with Gasteiger partial charge in [-0.15, -0.1) is 0 Å². The van der Waals surface area contributed by atoms with Gasteiger partial charge in [0.25, 0.3) is 0 Å². The number of hydrogen-bond donors (Lipinski definition) is 0. The van der Waals surface area contributed by atoms with Crippen molar-refractivity contribution >= 4 is 21.5 Å². The van der Waals surface area contributed by atoms with Crippen LogP contribution in [0.2, 0.25) is 0 Å². The molecule has 0 bridgehead atoms. The SMILES string of the molecule is CCCCCCCCCOc1ccc2cc(C#CC#Cc3ccc4cc(OCCCCCCCCC)ccc4c3)ccc2c1. The molecular weight excluding hydrogens is 536 g/mol. The lowest BCUT2D eigenvalue weighted by Crippen LogP contribution is -1.97. The highest BCUT2D eigenvalue weighted by Crippen LogP contribution is 2.24. The molecule has 0 saturated heterocycles. The van der Waals surface area contributed by atoms with E-state index in [1.54, 1.807) is 0 Å². The van der Waals surface area contributed by atoms with Gasteiger partial charge < -0.3 is 9.47 Å². The molecule has 0 atom stereocenters. The molecule has 2 nitrogen and oxygen atoms in total. The van der Waals surface area contributed by atoms with Gasteiger partial charge in [-0.25, -0.2) is 0 Å². The molecule has 44 heavy (non-hydrogen) atoms. The molecule has 0 N–H and O–H groups in total. The Morgan fingerprint density at radius 3 is 1.20 bits per heavy atom. The van der Waals surface area contributed by atoms with Gasteiger partial charge >= 0.3 is 0 Å². The van der Waals surface area contributed by atoms with E-state index in [0.717, 1.165) is 59.5 Å². The summed E-state index contributed by atoms with van der Waals surface area (Å²) in [5.74, 6) is 14.3. The van der Waals surface area contributed by atoms with E-state index in [1.165, 1.54) is 87.8 Å². The molecule has 0 unspecified atom stereocenters. The summed E-state index contributed by atoms with van der Waals surface area (Å²) in [5.41, 5.74) is 1.93. The summed E-state index contributed by atoms with van der Waals surface area (Å²) in [6.07, 6.45) is 18.1. The van der Waals surface area contributed by atoms with Crippen LogP contribution in [0.3, 0.4) is 0 Å². The quantitative estimate of drug-likeness (QED) is 0.0853. The Balaban J connectivity index is 1.23. The number of unbranched alkanes of at least 4 members (excludes halogenated alkanes) is 12. The van der Waals surface area contributed by atoms with Crippen molar-refractivity contribution in [2.75, 3.05) is 13.2 Å². The smallest absolute Gasteiger partial charge is 0.119 e. The third-order valence-electron chi connectivity index (χ3n) is 8.13. The number of fused-ring (bicyclic) bond motifs is 2.